The highest BCUT2D eigenvalue weighted by atomic mass is 16.4. The minimum atomic E-state index is -1.10. The monoisotopic (exact) mass is 211 g/mol. The van der Waals surface area contributed by atoms with Gasteiger partial charge in [0, 0.05) is 5.92 Å². The lowest BCUT2D eigenvalue weighted by Crippen LogP contribution is -2.29. The quantitative estimate of drug-likeness (QED) is 0.693. The Morgan fingerprint density at radius 2 is 1.87 bits per heavy atom. The summed E-state index contributed by atoms with van der Waals surface area (Å²) in [5, 5.41) is 11.2. The number of hydrogen-bond donors (Lipinski definition) is 2. The molecule has 15 heavy (non-hydrogen) atoms. The Kier molecular flexibility index (Phi) is 2.88. The summed E-state index contributed by atoms with van der Waals surface area (Å²) in [5.41, 5.74) is -0.0589. The first-order valence-corrected chi connectivity index (χ1v) is 5.02. The molecule has 0 spiro atoms. The molecule has 0 saturated heterocycles. The van der Waals surface area contributed by atoms with Crippen molar-refractivity contribution in [1.82, 2.24) is 5.32 Å². The van der Waals surface area contributed by atoms with Gasteiger partial charge < -0.3 is 10.4 Å². The molecule has 1 aliphatic carbocycles. The lowest BCUT2D eigenvalue weighted by atomic mass is 10.1. The van der Waals surface area contributed by atoms with Crippen molar-refractivity contribution in [2.45, 2.75) is 27.7 Å². The second-order valence-electron chi connectivity index (χ2n) is 4.58. The molecule has 0 aromatic rings. The van der Waals surface area contributed by atoms with E-state index in [-0.39, 0.29) is 22.9 Å². The maximum atomic E-state index is 11.7. The standard InChI is InChI=1S/C11H17NO3/c1-5-7(10(14)15)12-9(13)8-6(2)11(8,3)4/h5-6,8H,1-4H3,(H,12,13)(H,14,15)/b7-5-. The fraction of sp³-hybridized carbons (Fsp3) is 0.636. The lowest BCUT2D eigenvalue weighted by Gasteiger charge is -2.06. The van der Waals surface area contributed by atoms with E-state index in [2.05, 4.69) is 5.32 Å². The SMILES string of the molecule is C/C=C(\NC(=O)C1C(C)C1(C)C)C(=O)O. The largest absolute Gasteiger partial charge is 0.477 e. The van der Waals surface area contributed by atoms with Crippen LogP contribution in [0.1, 0.15) is 27.7 Å². The van der Waals surface area contributed by atoms with Gasteiger partial charge in [0.25, 0.3) is 0 Å². The van der Waals surface area contributed by atoms with Gasteiger partial charge >= 0.3 is 5.97 Å². The number of carbonyl (C=O) groups excluding carboxylic acids is 1. The Bertz CT molecular complexity index is 331. The second kappa shape index (κ2) is 3.68. The number of carboxylic acids is 1. The van der Waals surface area contributed by atoms with Gasteiger partial charge in [0.2, 0.25) is 5.91 Å². The molecular weight excluding hydrogens is 194 g/mol. The van der Waals surface area contributed by atoms with Crippen LogP contribution in [0, 0.1) is 17.3 Å². The first-order chi connectivity index (χ1) is 6.82. The first-order valence-electron chi connectivity index (χ1n) is 5.02. The maximum Gasteiger partial charge on any atom is 0.352 e. The zero-order chi connectivity index (χ0) is 11.8. The number of carbonyl (C=O) groups is 2. The fourth-order valence-electron chi connectivity index (χ4n) is 1.92. The van der Waals surface area contributed by atoms with E-state index < -0.39 is 5.97 Å². The van der Waals surface area contributed by atoms with Gasteiger partial charge in [0.15, 0.2) is 0 Å². The first kappa shape index (κ1) is 11.8. The molecule has 1 saturated carbocycles. The van der Waals surface area contributed by atoms with Crippen molar-refractivity contribution in [1.29, 1.82) is 0 Å². The van der Waals surface area contributed by atoms with Crippen LogP contribution in [-0.2, 0) is 9.59 Å². The van der Waals surface area contributed by atoms with Gasteiger partial charge in [0.05, 0.1) is 0 Å². The summed E-state index contributed by atoms with van der Waals surface area (Å²) in [7, 11) is 0. The predicted molar refractivity (Wildman–Crippen MR) is 56.0 cm³/mol. The molecule has 0 radical (unpaired) electrons. The Hall–Kier alpha value is -1.32. The normalized spacial score (nSPS) is 28.4. The summed E-state index contributed by atoms with van der Waals surface area (Å²) in [4.78, 5) is 22.4. The molecular formula is C11H17NO3. The number of allylic oxidation sites excluding steroid dienone is 1. The Morgan fingerprint density at radius 3 is 2.13 bits per heavy atom. The highest BCUT2D eigenvalue weighted by molar-refractivity contribution is 5.94. The van der Waals surface area contributed by atoms with Crippen LogP contribution in [-0.4, -0.2) is 17.0 Å². The molecule has 0 aromatic carbocycles. The molecule has 0 bridgehead atoms. The minimum Gasteiger partial charge on any atom is -0.477 e. The van der Waals surface area contributed by atoms with Gasteiger partial charge in [-0.2, -0.15) is 0 Å². The van der Waals surface area contributed by atoms with Gasteiger partial charge in [-0.1, -0.05) is 26.8 Å². The summed E-state index contributed by atoms with van der Waals surface area (Å²) in [6.07, 6.45) is 1.39. The van der Waals surface area contributed by atoms with Crippen LogP contribution >= 0.6 is 0 Å². The van der Waals surface area contributed by atoms with Crippen LogP contribution in [0.3, 0.4) is 0 Å². The van der Waals surface area contributed by atoms with Crippen molar-refractivity contribution in [2.75, 3.05) is 0 Å². The van der Waals surface area contributed by atoms with Crippen LogP contribution in [0.5, 0.6) is 0 Å². The highest BCUT2D eigenvalue weighted by Gasteiger charge is 2.58. The Balaban J connectivity index is 2.63. The average Bonchev–Trinajstić information content (AvgIpc) is 2.61. The van der Waals surface area contributed by atoms with Crippen LogP contribution in [0.2, 0.25) is 0 Å². The van der Waals surface area contributed by atoms with Crippen molar-refractivity contribution in [2.24, 2.45) is 17.3 Å². The molecule has 1 aliphatic rings. The minimum absolute atomic E-state index is 0.0125. The van der Waals surface area contributed by atoms with E-state index in [1.807, 2.05) is 20.8 Å². The average molecular weight is 211 g/mol. The summed E-state index contributed by atoms with van der Waals surface area (Å²) in [6.45, 7) is 7.61. The van der Waals surface area contributed by atoms with E-state index in [0.717, 1.165) is 0 Å². The molecule has 2 N–H and O–H groups in total. The number of amides is 1. The van der Waals surface area contributed by atoms with E-state index in [9.17, 15) is 9.59 Å². The fourth-order valence-corrected chi connectivity index (χ4v) is 1.92. The van der Waals surface area contributed by atoms with E-state index in [4.69, 9.17) is 5.11 Å². The van der Waals surface area contributed by atoms with Crippen LogP contribution in [0.4, 0.5) is 0 Å². The Morgan fingerprint density at radius 1 is 1.40 bits per heavy atom. The summed E-state index contributed by atoms with van der Waals surface area (Å²) in [6, 6.07) is 0. The third kappa shape index (κ3) is 2.03. The summed E-state index contributed by atoms with van der Waals surface area (Å²) >= 11 is 0. The third-order valence-electron chi connectivity index (χ3n) is 3.43. The maximum absolute atomic E-state index is 11.7. The third-order valence-corrected chi connectivity index (χ3v) is 3.43. The van der Waals surface area contributed by atoms with E-state index in [0.29, 0.717) is 5.92 Å². The van der Waals surface area contributed by atoms with Gasteiger partial charge in [-0.25, -0.2) is 4.79 Å². The van der Waals surface area contributed by atoms with Crippen molar-refractivity contribution in [3.8, 4) is 0 Å². The summed E-state index contributed by atoms with van der Waals surface area (Å²) in [5.74, 6) is -1.06. The van der Waals surface area contributed by atoms with Gasteiger partial charge in [-0.3, -0.25) is 4.79 Å². The van der Waals surface area contributed by atoms with Crippen molar-refractivity contribution >= 4 is 11.9 Å². The zero-order valence-electron chi connectivity index (χ0n) is 9.50. The second-order valence-corrected chi connectivity index (χ2v) is 4.58. The number of aliphatic carboxylic acids is 1. The number of nitrogens with one attached hydrogen (secondary N) is 1. The van der Waals surface area contributed by atoms with Crippen molar-refractivity contribution in [3.05, 3.63) is 11.8 Å². The molecule has 1 rings (SSSR count). The number of rotatable bonds is 3. The molecule has 84 valence electrons. The van der Waals surface area contributed by atoms with E-state index in [1.54, 1.807) is 6.92 Å². The van der Waals surface area contributed by atoms with Crippen molar-refractivity contribution in [3.63, 3.8) is 0 Å². The molecule has 4 nitrogen and oxygen atoms in total. The Labute approximate surface area is 89.4 Å². The zero-order valence-corrected chi connectivity index (χ0v) is 9.50. The van der Waals surface area contributed by atoms with Gasteiger partial charge in [-0.15, -0.1) is 0 Å². The molecule has 1 amide bonds. The highest BCUT2D eigenvalue weighted by Crippen LogP contribution is 2.57. The molecule has 1 fully saturated rings. The van der Waals surface area contributed by atoms with Gasteiger partial charge in [-0.05, 0) is 18.3 Å². The van der Waals surface area contributed by atoms with Crippen LogP contribution in [0.15, 0.2) is 11.8 Å². The van der Waals surface area contributed by atoms with Crippen LogP contribution in [0.25, 0.3) is 0 Å². The smallest absolute Gasteiger partial charge is 0.352 e. The molecule has 0 aliphatic heterocycles. The predicted octanol–water partition coefficient (Wildman–Crippen LogP) is 1.38. The van der Waals surface area contributed by atoms with E-state index >= 15 is 0 Å². The number of hydrogen-bond acceptors (Lipinski definition) is 2. The molecule has 2 unspecified atom stereocenters. The molecule has 4 heteroatoms. The molecule has 2 atom stereocenters. The molecule has 0 heterocycles. The topological polar surface area (TPSA) is 66.4 Å². The number of carboxylic acid groups (broad SMARTS) is 1. The van der Waals surface area contributed by atoms with Crippen molar-refractivity contribution < 1.29 is 14.7 Å². The summed E-state index contributed by atoms with van der Waals surface area (Å²) < 4.78 is 0. The van der Waals surface area contributed by atoms with Crippen LogP contribution < -0.4 is 5.32 Å². The molecule has 0 aromatic heterocycles. The van der Waals surface area contributed by atoms with E-state index in [1.165, 1.54) is 6.08 Å². The lowest BCUT2D eigenvalue weighted by molar-refractivity contribution is -0.135. The van der Waals surface area contributed by atoms with Gasteiger partial charge in [0.1, 0.15) is 5.70 Å².